The van der Waals surface area contributed by atoms with Crippen molar-refractivity contribution in [3.05, 3.63) is 59.9 Å². The summed E-state index contributed by atoms with van der Waals surface area (Å²) in [6, 6.07) is 8.57. The van der Waals surface area contributed by atoms with E-state index >= 15 is 0 Å². The molecule has 0 radical (unpaired) electrons. The van der Waals surface area contributed by atoms with Gasteiger partial charge < -0.3 is 4.90 Å². The van der Waals surface area contributed by atoms with Gasteiger partial charge in [-0.25, -0.2) is 13.1 Å². The number of aliphatic imine (C=N–C) groups is 1. The number of hydrogen-bond donors (Lipinski definition) is 1. The second-order valence-electron chi connectivity index (χ2n) is 8.89. The molecular weight excluding hydrogens is 426 g/mol. The Morgan fingerprint density at radius 1 is 1.28 bits per heavy atom. The largest absolute Gasteiger partial charge is 0.307 e. The van der Waals surface area contributed by atoms with Crippen molar-refractivity contribution in [2.75, 3.05) is 11.4 Å². The number of nitrogens with zero attached hydrogens (tertiary/aromatic N) is 4. The Kier molecular flexibility index (Phi) is 4.72. The Hall–Kier alpha value is -3.04. The zero-order chi connectivity index (χ0) is 22.7. The molecule has 5 rings (SSSR count). The molecular formula is C23H25N5O3S. The van der Waals surface area contributed by atoms with E-state index in [1.54, 1.807) is 29.3 Å². The van der Waals surface area contributed by atoms with Gasteiger partial charge in [0.25, 0.3) is 5.91 Å². The molecule has 1 fully saturated rings. The zero-order valence-electron chi connectivity index (χ0n) is 18.1. The lowest BCUT2D eigenvalue weighted by molar-refractivity contribution is 0.0832. The summed E-state index contributed by atoms with van der Waals surface area (Å²) >= 11 is 0. The van der Waals surface area contributed by atoms with Crippen LogP contribution in [-0.2, 0) is 16.6 Å². The summed E-state index contributed by atoms with van der Waals surface area (Å²) in [6.45, 7) is 8.49. The summed E-state index contributed by atoms with van der Waals surface area (Å²) in [5.41, 5.74) is 2.26. The molecule has 1 amide bonds. The zero-order valence-corrected chi connectivity index (χ0v) is 18.9. The first-order valence-corrected chi connectivity index (χ1v) is 12.1. The van der Waals surface area contributed by atoms with E-state index < -0.39 is 15.6 Å². The maximum absolute atomic E-state index is 13.5. The van der Waals surface area contributed by atoms with E-state index in [0.29, 0.717) is 23.8 Å². The number of anilines is 1. The van der Waals surface area contributed by atoms with Crippen LogP contribution in [0.4, 0.5) is 5.69 Å². The first-order chi connectivity index (χ1) is 15.2. The van der Waals surface area contributed by atoms with Gasteiger partial charge in [-0.15, -0.1) is 0 Å². The van der Waals surface area contributed by atoms with Crippen LogP contribution in [-0.4, -0.2) is 48.3 Å². The van der Waals surface area contributed by atoms with Crippen LogP contribution in [0.2, 0.25) is 0 Å². The summed E-state index contributed by atoms with van der Waals surface area (Å²) in [7, 11) is -3.72. The van der Waals surface area contributed by atoms with Crippen molar-refractivity contribution in [1.82, 2.24) is 14.6 Å². The molecule has 8 nitrogen and oxygen atoms in total. The fourth-order valence-corrected chi connectivity index (χ4v) is 5.57. The summed E-state index contributed by atoms with van der Waals surface area (Å²) in [4.78, 5) is 26.2. The first kappa shape index (κ1) is 20.8. The minimum atomic E-state index is -3.72. The highest BCUT2D eigenvalue weighted by Crippen LogP contribution is 2.38. The highest BCUT2D eigenvalue weighted by Gasteiger charge is 2.43. The number of sulfonamides is 1. The SMILES string of the molecule is C=Cc1ccc(CN2C(=O)c3cc(S(=O)(=O)NC4(C)CC4)ccc3N3C2=NC[C@H]3C)cn1. The topological polar surface area (TPSA) is 95.0 Å². The molecule has 0 spiro atoms. The van der Waals surface area contributed by atoms with E-state index in [-0.39, 0.29) is 23.4 Å². The number of fused-ring (bicyclic) bond motifs is 3. The smallest absolute Gasteiger partial charge is 0.263 e. The molecule has 1 aromatic carbocycles. The number of aromatic nitrogens is 1. The van der Waals surface area contributed by atoms with E-state index in [2.05, 4.69) is 21.3 Å². The summed E-state index contributed by atoms with van der Waals surface area (Å²) in [5, 5.41) is 0. The lowest BCUT2D eigenvalue weighted by Gasteiger charge is -2.38. The fourth-order valence-electron chi connectivity index (χ4n) is 4.08. The third-order valence-electron chi connectivity index (χ3n) is 6.19. The van der Waals surface area contributed by atoms with Gasteiger partial charge in [0.1, 0.15) is 0 Å². The molecule has 2 aromatic rings. The Morgan fingerprint density at radius 3 is 2.72 bits per heavy atom. The normalized spacial score (nSPS) is 21.1. The third kappa shape index (κ3) is 3.51. The van der Waals surface area contributed by atoms with E-state index in [0.717, 1.165) is 24.1 Å². The fraction of sp³-hybridized carbons (Fsp3) is 0.348. The van der Waals surface area contributed by atoms with Crippen LogP contribution in [0.1, 0.15) is 48.3 Å². The number of nitrogens with one attached hydrogen (secondary N) is 1. The van der Waals surface area contributed by atoms with Crippen molar-refractivity contribution in [2.24, 2.45) is 4.99 Å². The molecule has 2 aliphatic heterocycles. The second kappa shape index (κ2) is 7.25. The van der Waals surface area contributed by atoms with Gasteiger partial charge in [0, 0.05) is 11.7 Å². The number of carbonyl (C=O) groups excluding carboxylic acids is 1. The van der Waals surface area contributed by atoms with Crippen molar-refractivity contribution in [3.8, 4) is 0 Å². The second-order valence-corrected chi connectivity index (χ2v) is 10.6. The maximum atomic E-state index is 13.5. The number of pyridine rings is 1. The summed E-state index contributed by atoms with van der Waals surface area (Å²) in [5.74, 6) is 0.314. The van der Waals surface area contributed by atoms with E-state index in [4.69, 9.17) is 0 Å². The molecule has 3 aliphatic rings. The monoisotopic (exact) mass is 451 g/mol. The lowest BCUT2D eigenvalue weighted by Crippen LogP contribution is -2.52. The minimum Gasteiger partial charge on any atom is -0.307 e. The van der Waals surface area contributed by atoms with Gasteiger partial charge in [-0.1, -0.05) is 12.6 Å². The van der Waals surface area contributed by atoms with Crippen LogP contribution in [0.25, 0.3) is 6.08 Å². The number of amides is 1. The van der Waals surface area contributed by atoms with E-state index in [1.165, 1.54) is 6.07 Å². The Bertz CT molecular complexity index is 1250. The molecule has 3 heterocycles. The van der Waals surface area contributed by atoms with Gasteiger partial charge in [0.05, 0.1) is 41.0 Å². The number of carbonyl (C=O) groups is 1. The molecule has 0 bridgehead atoms. The summed E-state index contributed by atoms with van der Waals surface area (Å²) in [6.07, 6.45) is 5.00. The quantitative estimate of drug-likeness (QED) is 0.729. The van der Waals surface area contributed by atoms with Crippen LogP contribution in [0.15, 0.2) is 53.0 Å². The first-order valence-electron chi connectivity index (χ1n) is 10.6. The van der Waals surface area contributed by atoms with Crippen molar-refractivity contribution in [2.45, 2.75) is 49.7 Å². The van der Waals surface area contributed by atoms with Gasteiger partial charge in [-0.3, -0.25) is 19.7 Å². The molecule has 166 valence electrons. The average molecular weight is 452 g/mol. The van der Waals surface area contributed by atoms with Gasteiger partial charge in [-0.2, -0.15) is 0 Å². The minimum absolute atomic E-state index is 0.0616. The molecule has 1 saturated carbocycles. The van der Waals surface area contributed by atoms with Gasteiger partial charge in [0.2, 0.25) is 16.0 Å². The van der Waals surface area contributed by atoms with Gasteiger partial charge >= 0.3 is 0 Å². The average Bonchev–Trinajstić information content (AvgIpc) is 3.36. The molecule has 9 heteroatoms. The summed E-state index contributed by atoms with van der Waals surface area (Å²) < 4.78 is 28.6. The number of benzene rings is 1. The molecule has 0 saturated heterocycles. The van der Waals surface area contributed by atoms with Crippen molar-refractivity contribution in [1.29, 1.82) is 0 Å². The number of hydrogen-bond acceptors (Lipinski definition) is 6. The van der Waals surface area contributed by atoms with Crippen LogP contribution in [0.5, 0.6) is 0 Å². The van der Waals surface area contributed by atoms with Crippen molar-refractivity contribution in [3.63, 3.8) is 0 Å². The highest BCUT2D eigenvalue weighted by atomic mass is 32.2. The maximum Gasteiger partial charge on any atom is 0.263 e. The Balaban J connectivity index is 1.53. The predicted molar refractivity (Wildman–Crippen MR) is 123 cm³/mol. The Morgan fingerprint density at radius 2 is 2.06 bits per heavy atom. The standard InChI is InChI=1S/C23H25N5O3S/c1-4-17-6-5-16(13-24-17)14-27-21(29)19-11-18(32(30,31)26-23(3)9-10-23)7-8-20(19)28-15(2)12-25-22(27)28/h4-8,11,13,15,26H,1,9-10,12,14H2,2-3H3/t15-/m1/s1. The van der Waals surface area contributed by atoms with Crippen LogP contribution >= 0.6 is 0 Å². The van der Waals surface area contributed by atoms with Gasteiger partial charge in [0.15, 0.2) is 0 Å². The molecule has 1 aliphatic carbocycles. The molecule has 0 unspecified atom stereocenters. The van der Waals surface area contributed by atoms with E-state index in [9.17, 15) is 13.2 Å². The third-order valence-corrected chi connectivity index (χ3v) is 7.82. The highest BCUT2D eigenvalue weighted by molar-refractivity contribution is 7.89. The van der Waals surface area contributed by atoms with Crippen molar-refractivity contribution >= 4 is 33.7 Å². The number of guanidine groups is 1. The van der Waals surface area contributed by atoms with Crippen LogP contribution in [0, 0.1) is 0 Å². The lowest BCUT2D eigenvalue weighted by atomic mass is 10.1. The van der Waals surface area contributed by atoms with Crippen molar-refractivity contribution < 1.29 is 13.2 Å². The van der Waals surface area contributed by atoms with Gasteiger partial charge in [-0.05, 0) is 62.6 Å². The molecule has 1 aromatic heterocycles. The predicted octanol–water partition coefficient (Wildman–Crippen LogP) is 2.78. The van der Waals surface area contributed by atoms with Crippen LogP contribution in [0.3, 0.4) is 0 Å². The number of rotatable bonds is 6. The molecule has 32 heavy (non-hydrogen) atoms. The van der Waals surface area contributed by atoms with E-state index in [1.807, 2.05) is 30.9 Å². The Labute approximate surface area is 187 Å². The molecule has 1 N–H and O–H groups in total. The van der Waals surface area contributed by atoms with Crippen LogP contribution < -0.4 is 9.62 Å². The molecule has 1 atom stereocenters.